The third-order valence-corrected chi connectivity index (χ3v) is 6.98. The molecular formula is C22H23NO3S. The van der Waals surface area contributed by atoms with Crippen molar-refractivity contribution in [2.75, 3.05) is 6.61 Å². The number of aromatic nitrogens is 1. The number of hydrogen-bond donors (Lipinski definition) is 1. The van der Waals surface area contributed by atoms with Gasteiger partial charge in [-0.25, -0.2) is 4.79 Å². The van der Waals surface area contributed by atoms with Crippen molar-refractivity contribution in [3.63, 3.8) is 0 Å². The van der Waals surface area contributed by atoms with Crippen molar-refractivity contribution in [3.8, 4) is 11.3 Å². The summed E-state index contributed by atoms with van der Waals surface area (Å²) in [5, 5.41) is 9.55. The van der Waals surface area contributed by atoms with Crippen molar-refractivity contribution in [1.29, 1.82) is 0 Å². The highest BCUT2D eigenvalue weighted by molar-refractivity contribution is 7.21. The van der Waals surface area contributed by atoms with E-state index in [0.717, 1.165) is 18.7 Å². The first kappa shape index (κ1) is 17.0. The first-order valence-corrected chi connectivity index (χ1v) is 10.6. The minimum absolute atomic E-state index is 0.246. The van der Waals surface area contributed by atoms with Gasteiger partial charge in [-0.1, -0.05) is 49.6 Å². The van der Waals surface area contributed by atoms with Crippen LogP contribution in [0.4, 0.5) is 0 Å². The maximum Gasteiger partial charge on any atom is 0.345 e. The van der Waals surface area contributed by atoms with E-state index in [9.17, 15) is 9.90 Å². The molecule has 140 valence electrons. The Balaban J connectivity index is 1.77. The summed E-state index contributed by atoms with van der Waals surface area (Å²) < 4.78 is 9.02. The first-order chi connectivity index (χ1) is 13.2. The molecule has 1 aliphatic carbocycles. The van der Waals surface area contributed by atoms with Crippen LogP contribution in [-0.2, 0) is 11.3 Å². The number of carbonyl (C=O) groups is 1. The van der Waals surface area contributed by atoms with Gasteiger partial charge in [0.05, 0.1) is 35.2 Å². The molecule has 1 atom stereocenters. The van der Waals surface area contributed by atoms with E-state index in [4.69, 9.17) is 4.74 Å². The van der Waals surface area contributed by atoms with E-state index >= 15 is 0 Å². The maximum absolute atomic E-state index is 11.6. The van der Waals surface area contributed by atoms with Gasteiger partial charge in [0, 0.05) is 0 Å². The minimum Gasteiger partial charge on any atom is -0.477 e. The van der Waals surface area contributed by atoms with Gasteiger partial charge in [-0.2, -0.15) is 0 Å². The van der Waals surface area contributed by atoms with Gasteiger partial charge < -0.3 is 14.4 Å². The molecule has 0 amide bonds. The molecule has 5 heteroatoms. The van der Waals surface area contributed by atoms with Gasteiger partial charge in [-0.05, 0) is 36.0 Å². The Labute approximate surface area is 162 Å². The van der Waals surface area contributed by atoms with Crippen LogP contribution in [0, 0.1) is 0 Å². The molecule has 1 saturated carbocycles. The molecule has 3 aromatic rings. The van der Waals surface area contributed by atoms with Gasteiger partial charge in [0.15, 0.2) is 0 Å². The SMILES string of the molecule is O=C(O)c1cc2c(s1)c(C1CCCCC1)c(-c1ccccc1)n2CC1CO1. The highest BCUT2D eigenvalue weighted by atomic mass is 32.1. The molecule has 3 heterocycles. The van der Waals surface area contributed by atoms with E-state index in [1.807, 2.05) is 12.1 Å². The van der Waals surface area contributed by atoms with Crippen LogP contribution < -0.4 is 0 Å². The largest absolute Gasteiger partial charge is 0.477 e. The fourth-order valence-electron chi connectivity index (χ4n) is 4.50. The van der Waals surface area contributed by atoms with E-state index in [1.54, 1.807) is 0 Å². The fourth-order valence-corrected chi connectivity index (χ4v) is 5.62. The zero-order valence-electron chi connectivity index (χ0n) is 15.2. The van der Waals surface area contributed by atoms with E-state index in [2.05, 4.69) is 28.8 Å². The van der Waals surface area contributed by atoms with Crippen LogP contribution in [0.3, 0.4) is 0 Å². The van der Waals surface area contributed by atoms with E-state index < -0.39 is 5.97 Å². The number of aromatic carboxylic acids is 1. The minimum atomic E-state index is -0.832. The topological polar surface area (TPSA) is 54.8 Å². The Morgan fingerprint density at radius 1 is 1.19 bits per heavy atom. The third kappa shape index (κ3) is 3.09. The summed E-state index contributed by atoms with van der Waals surface area (Å²) in [4.78, 5) is 12.1. The molecular weight excluding hydrogens is 358 g/mol. The van der Waals surface area contributed by atoms with Crippen molar-refractivity contribution >= 4 is 27.5 Å². The normalized spacial score (nSPS) is 20.2. The number of fused-ring (bicyclic) bond motifs is 1. The molecule has 1 aromatic carbocycles. The molecule has 1 saturated heterocycles. The van der Waals surface area contributed by atoms with Crippen LogP contribution in [0.5, 0.6) is 0 Å². The lowest BCUT2D eigenvalue weighted by molar-refractivity contribution is 0.0702. The van der Waals surface area contributed by atoms with Crippen molar-refractivity contribution in [2.24, 2.45) is 0 Å². The molecule has 1 N–H and O–H groups in total. The number of benzene rings is 1. The Morgan fingerprint density at radius 3 is 2.59 bits per heavy atom. The molecule has 2 fully saturated rings. The Morgan fingerprint density at radius 2 is 1.93 bits per heavy atom. The van der Waals surface area contributed by atoms with Gasteiger partial charge in [-0.3, -0.25) is 0 Å². The number of nitrogens with zero attached hydrogens (tertiary/aromatic N) is 1. The molecule has 2 aromatic heterocycles. The smallest absolute Gasteiger partial charge is 0.345 e. The average molecular weight is 381 g/mol. The molecule has 1 aliphatic heterocycles. The predicted octanol–water partition coefficient (Wildman–Crippen LogP) is 5.51. The van der Waals surface area contributed by atoms with Crippen LogP contribution in [0.1, 0.15) is 53.3 Å². The van der Waals surface area contributed by atoms with Crippen molar-refractivity contribution < 1.29 is 14.6 Å². The molecule has 1 unspecified atom stereocenters. The zero-order valence-corrected chi connectivity index (χ0v) is 16.0. The van der Waals surface area contributed by atoms with Gasteiger partial charge in [0.2, 0.25) is 0 Å². The molecule has 5 rings (SSSR count). The summed E-state index contributed by atoms with van der Waals surface area (Å²) in [6, 6.07) is 12.4. The molecule has 0 radical (unpaired) electrons. The van der Waals surface area contributed by atoms with Crippen molar-refractivity contribution in [3.05, 3.63) is 46.8 Å². The Bertz CT molecular complexity index is 978. The molecule has 0 bridgehead atoms. The zero-order chi connectivity index (χ0) is 18.4. The van der Waals surface area contributed by atoms with Gasteiger partial charge in [0.25, 0.3) is 0 Å². The quantitative estimate of drug-likeness (QED) is 0.593. The van der Waals surface area contributed by atoms with Crippen LogP contribution in [0.15, 0.2) is 36.4 Å². The number of epoxide rings is 1. The summed E-state index contributed by atoms with van der Waals surface area (Å²) in [6.07, 6.45) is 6.46. The highest BCUT2D eigenvalue weighted by Crippen LogP contribution is 2.47. The van der Waals surface area contributed by atoms with Crippen LogP contribution in [0.25, 0.3) is 21.5 Å². The summed E-state index contributed by atoms with van der Waals surface area (Å²) in [6.45, 7) is 1.59. The van der Waals surface area contributed by atoms with Crippen molar-refractivity contribution in [1.82, 2.24) is 4.57 Å². The van der Waals surface area contributed by atoms with E-state index in [1.165, 1.54) is 65.0 Å². The van der Waals surface area contributed by atoms with Gasteiger partial charge in [-0.15, -0.1) is 11.3 Å². The lowest BCUT2D eigenvalue weighted by atomic mass is 9.83. The highest BCUT2D eigenvalue weighted by Gasteiger charge is 2.31. The third-order valence-electron chi connectivity index (χ3n) is 5.83. The number of hydrogen-bond acceptors (Lipinski definition) is 3. The number of ether oxygens (including phenoxy) is 1. The monoisotopic (exact) mass is 381 g/mol. The number of thiophene rings is 1. The second-order valence-electron chi connectivity index (χ2n) is 7.66. The lowest BCUT2D eigenvalue weighted by Gasteiger charge is -2.23. The Hall–Kier alpha value is -2.11. The second-order valence-corrected chi connectivity index (χ2v) is 8.71. The summed E-state index contributed by atoms with van der Waals surface area (Å²) in [7, 11) is 0. The lowest BCUT2D eigenvalue weighted by Crippen LogP contribution is -2.09. The van der Waals surface area contributed by atoms with E-state index in [-0.39, 0.29) is 6.10 Å². The molecule has 2 aliphatic rings. The standard InChI is InChI=1S/C22H23NO3S/c24-22(25)18-11-17-21(27-18)19(14-7-3-1-4-8-14)20(15-9-5-2-6-10-15)23(17)12-16-13-26-16/h2,5-6,9-11,14,16H,1,3-4,7-8,12-13H2,(H,24,25). The summed E-state index contributed by atoms with van der Waals surface area (Å²) in [5.74, 6) is -0.320. The maximum atomic E-state index is 11.6. The number of carboxylic acids is 1. The fraction of sp³-hybridized carbons (Fsp3) is 0.409. The summed E-state index contributed by atoms with van der Waals surface area (Å²) in [5.41, 5.74) is 4.93. The average Bonchev–Trinajstić information content (AvgIpc) is 3.32. The summed E-state index contributed by atoms with van der Waals surface area (Å²) >= 11 is 1.44. The van der Waals surface area contributed by atoms with E-state index in [0.29, 0.717) is 10.8 Å². The van der Waals surface area contributed by atoms with Crippen molar-refractivity contribution in [2.45, 2.75) is 50.7 Å². The molecule has 27 heavy (non-hydrogen) atoms. The number of carboxylic acid groups (broad SMARTS) is 1. The first-order valence-electron chi connectivity index (χ1n) is 9.78. The molecule has 0 spiro atoms. The Kier molecular flexibility index (Phi) is 4.29. The number of rotatable bonds is 5. The predicted molar refractivity (Wildman–Crippen MR) is 108 cm³/mol. The van der Waals surface area contributed by atoms with Crippen LogP contribution in [0.2, 0.25) is 0 Å². The van der Waals surface area contributed by atoms with Gasteiger partial charge in [0.1, 0.15) is 4.88 Å². The van der Waals surface area contributed by atoms with Gasteiger partial charge >= 0.3 is 5.97 Å². The van der Waals surface area contributed by atoms with Crippen LogP contribution in [-0.4, -0.2) is 28.4 Å². The second kappa shape index (κ2) is 6.80. The molecule has 4 nitrogen and oxygen atoms in total. The van der Waals surface area contributed by atoms with Crippen LogP contribution >= 0.6 is 11.3 Å².